The second kappa shape index (κ2) is 6.58. The lowest BCUT2D eigenvalue weighted by molar-refractivity contribution is -0.239. The van der Waals surface area contributed by atoms with Gasteiger partial charge in [-0.05, 0) is 54.9 Å². The molecule has 2 heterocycles. The first kappa shape index (κ1) is 19.4. The summed E-state index contributed by atoms with van der Waals surface area (Å²) in [4.78, 5) is 24.8. The van der Waals surface area contributed by atoms with E-state index in [2.05, 4.69) is 17.6 Å². The number of nitrogens with zero attached hydrogens (tertiary/aromatic N) is 1. The maximum absolute atomic E-state index is 13.4. The summed E-state index contributed by atoms with van der Waals surface area (Å²) >= 11 is 0. The Hall–Kier alpha value is -3.34. The Balaban J connectivity index is 1.26. The number of ketones is 1. The molecule has 32 heavy (non-hydrogen) atoms. The van der Waals surface area contributed by atoms with Gasteiger partial charge in [0, 0.05) is 29.0 Å². The van der Waals surface area contributed by atoms with Crippen LogP contribution < -0.4 is 0 Å². The number of rotatable bonds is 7. The van der Waals surface area contributed by atoms with Gasteiger partial charge in [-0.25, -0.2) is 0 Å². The third kappa shape index (κ3) is 2.70. The quantitative estimate of drug-likeness (QED) is 0.373. The summed E-state index contributed by atoms with van der Waals surface area (Å²) in [5.41, 5.74) is 2.07. The number of Topliss-reactive ketones (excluding diaryl/α,β-unsaturated/α-hetero) is 1. The third-order valence-electron chi connectivity index (χ3n) is 7.95. The minimum atomic E-state index is -0.675. The van der Waals surface area contributed by atoms with Gasteiger partial charge in [0.05, 0.1) is 17.5 Å². The average molecular weight is 428 g/mol. The van der Waals surface area contributed by atoms with Crippen LogP contribution in [0.4, 0.5) is 0 Å². The van der Waals surface area contributed by atoms with Crippen molar-refractivity contribution in [1.82, 2.24) is 4.57 Å². The van der Waals surface area contributed by atoms with Crippen molar-refractivity contribution in [3.63, 3.8) is 0 Å². The van der Waals surface area contributed by atoms with E-state index in [4.69, 9.17) is 4.42 Å². The van der Waals surface area contributed by atoms with Crippen LogP contribution in [0.2, 0.25) is 0 Å². The number of benzene rings is 2. The highest BCUT2D eigenvalue weighted by Gasteiger charge is 2.73. The molecule has 0 saturated heterocycles. The summed E-state index contributed by atoms with van der Waals surface area (Å²) in [6, 6.07) is 17.9. The van der Waals surface area contributed by atoms with Gasteiger partial charge in [-0.2, -0.15) is 0 Å². The van der Waals surface area contributed by atoms with E-state index in [9.17, 15) is 14.7 Å². The smallest absolute Gasteiger partial charge is 0.309 e. The molecular formula is C27H25NO4. The highest BCUT2D eigenvalue weighted by Crippen LogP contribution is 2.76. The lowest BCUT2D eigenvalue weighted by Gasteiger charge is -2.70. The molecule has 2 aromatic carbocycles. The highest BCUT2D eigenvalue weighted by atomic mass is 16.4. The molecule has 7 rings (SSSR count). The lowest BCUT2D eigenvalue weighted by atomic mass is 9.32. The average Bonchev–Trinajstić information content (AvgIpc) is 3.29. The van der Waals surface area contributed by atoms with Crippen LogP contribution in [0, 0.1) is 16.7 Å². The third-order valence-corrected chi connectivity index (χ3v) is 7.95. The van der Waals surface area contributed by atoms with Crippen molar-refractivity contribution >= 4 is 33.6 Å². The van der Waals surface area contributed by atoms with E-state index in [1.807, 2.05) is 54.7 Å². The Morgan fingerprint density at radius 1 is 1.06 bits per heavy atom. The van der Waals surface area contributed by atoms with Gasteiger partial charge in [-0.15, -0.1) is 0 Å². The van der Waals surface area contributed by atoms with Crippen LogP contribution in [0.3, 0.4) is 0 Å². The first-order valence-corrected chi connectivity index (χ1v) is 11.2. The fraction of sp³-hybridized carbons (Fsp3) is 0.333. The Kier molecular flexibility index (Phi) is 3.98. The van der Waals surface area contributed by atoms with Crippen LogP contribution in [0.1, 0.15) is 48.7 Å². The van der Waals surface area contributed by atoms with Gasteiger partial charge in [0.25, 0.3) is 0 Å². The SMILES string of the molecule is C[C@H](CC(=O)c1cccc2ccn(Cc3cc4ccccc4o3)c12)C12CC(C(=O)O)(C1)C2. The number of furan rings is 1. The molecule has 3 aliphatic rings. The second-order valence-electron chi connectivity index (χ2n) is 9.94. The van der Waals surface area contributed by atoms with Gasteiger partial charge >= 0.3 is 5.97 Å². The Bertz CT molecular complexity index is 1340. The van der Waals surface area contributed by atoms with Gasteiger partial charge < -0.3 is 14.1 Å². The minimum absolute atomic E-state index is 0.0399. The number of carboxylic acid groups (broad SMARTS) is 1. The Morgan fingerprint density at radius 2 is 1.81 bits per heavy atom. The van der Waals surface area contributed by atoms with Crippen LogP contribution in [0.15, 0.2) is 65.2 Å². The van der Waals surface area contributed by atoms with Gasteiger partial charge in [-0.3, -0.25) is 9.59 Å². The number of para-hydroxylation sites is 2. The van der Waals surface area contributed by atoms with E-state index in [1.165, 1.54) is 0 Å². The molecule has 1 N–H and O–H groups in total. The number of aliphatic carboxylic acids is 1. The van der Waals surface area contributed by atoms with Crippen molar-refractivity contribution in [2.75, 3.05) is 0 Å². The van der Waals surface area contributed by atoms with Gasteiger partial charge in [0.1, 0.15) is 11.3 Å². The standard InChI is InChI=1S/C27H25NO4/c1-17(26-14-27(15-26,16-26)25(30)31)11-22(29)21-7-4-6-18-9-10-28(24(18)21)13-20-12-19-5-2-3-8-23(19)32-20/h2-10,12,17H,11,13-16H2,1H3,(H,30,31)/t17-,26?,27?/m1/s1. The molecule has 5 heteroatoms. The summed E-state index contributed by atoms with van der Waals surface area (Å²) in [5.74, 6) is 0.491. The van der Waals surface area contributed by atoms with E-state index < -0.39 is 11.4 Å². The molecule has 4 aromatic rings. The van der Waals surface area contributed by atoms with Crippen molar-refractivity contribution < 1.29 is 19.1 Å². The molecule has 0 amide bonds. The minimum Gasteiger partial charge on any atom is -0.481 e. The van der Waals surface area contributed by atoms with Crippen LogP contribution in [0.25, 0.3) is 21.9 Å². The zero-order valence-corrected chi connectivity index (χ0v) is 18.0. The normalized spacial score (nSPS) is 24.8. The fourth-order valence-corrected chi connectivity index (χ4v) is 6.12. The van der Waals surface area contributed by atoms with Crippen molar-refractivity contribution in [1.29, 1.82) is 0 Å². The monoisotopic (exact) mass is 427 g/mol. The molecular weight excluding hydrogens is 402 g/mol. The second-order valence-corrected chi connectivity index (χ2v) is 9.94. The highest BCUT2D eigenvalue weighted by molar-refractivity contribution is 6.07. The first-order valence-electron chi connectivity index (χ1n) is 11.2. The zero-order chi connectivity index (χ0) is 22.1. The van der Waals surface area contributed by atoms with Crippen molar-refractivity contribution in [3.8, 4) is 0 Å². The number of fused-ring (bicyclic) bond motifs is 2. The molecule has 2 bridgehead atoms. The molecule has 3 saturated carbocycles. The van der Waals surface area contributed by atoms with Crippen LogP contribution in [-0.4, -0.2) is 21.4 Å². The van der Waals surface area contributed by atoms with E-state index in [1.54, 1.807) is 0 Å². The maximum atomic E-state index is 13.4. The summed E-state index contributed by atoms with van der Waals surface area (Å²) < 4.78 is 8.09. The summed E-state index contributed by atoms with van der Waals surface area (Å²) in [6.07, 6.45) is 4.61. The number of hydrogen-bond donors (Lipinski definition) is 1. The predicted molar refractivity (Wildman–Crippen MR) is 122 cm³/mol. The fourth-order valence-electron chi connectivity index (χ4n) is 6.12. The Morgan fingerprint density at radius 3 is 2.56 bits per heavy atom. The van der Waals surface area contributed by atoms with Crippen molar-refractivity contribution in [2.45, 2.75) is 39.2 Å². The van der Waals surface area contributed by atoms with Gasteiger partial charge in [0.15, 0.2) is 5.78 Å². The summed E-state index contributed by atoms with van der Waals surface area (Å²) in [5, 5.41) is 11.5. The largest absolute Gasteiger partial charge is 0.481 e. The molecule has 0 aliphatic heterocycles. The summed E-state index contributed by atoms with van der Waals surface area (Å²) in [6.45, 7) is 2.67. The van der Waals surface area contributed by atoms with Crippen LogP contribution in [-0.2, 0) is 11.3 Å². The zero-order valence-electron chi connectivity index (χ0n) is 18.0. The lowest BCUT2D eigenvalue weighted by Crippen LogP contribution is -2.67. The first-order chi connectivity index (χ1) is 15.4. The molecule has 2 aromatic heterocycles. The van der Waals surface area contributed by atoms with E-state index >= 15 is 0 Å². The van der Waals surface area contributed by atoms with E-state index in [-0.39, 0.29) is 17.1 Å². The van der Waals surface area contributed by atoms with Crippen molar-refractivity contribution in [3.05, 3.63) is 72.1 Å². The molecule has 0 spiro atoms. The predicted octanol–water partition coefficient (Wildman–Crippen LogP) is 5.90. The molecule has 1 atom stereocenters. The molecule has 5 nitrogen and oxygen atoms in total. The number of carboxylic acids is 1. The number of hydrogen-bond acceptors (Lipinski definition) is 3. The maximum Gasteiger partial charge on any atom is 0.309 e. The number of carbonyl (C=O) groups excluding carboxylic acids is 1. The Labute approximate surface area is 185 Å². The van der Waals surface area contributed by atoms with Gasteiger partial charge in [-0.1, -0.05) is 37.3 Å². The summed E-state index contributed by atoms with van der Waals surface area (Å²) in [7, 11) is 0. The van der Waals surface area contributed by atoms with Crippen LogP contribution in [0.5, 0.6) is 0 Å². The van der Waals surface area contributed by atoms with Crippen molar-refractivity contribution in [2.24, 2.45) is 16.7 Å². The van der Waals surface area contributed by atoms with E-state index in [0.717, 1.165) is 52.5 Å². The number of carbonyl (C=O) groups is 2. The molecule has 0 unspecified atom stereocenters. The van der Waals surface area contributed by atoms with E-state index in [0.29, 0.717) is 13.0 Å². The molecule has 3 fully saturated rings. The number of aromatic nitrogens is 1. The van der Waals surface area contributed by atoms with Crippen LogP contribution >= 0.6 is 0 Å². The molecule has 162 valence electrons. The van der Waals surface area contributed by atoms with Gasteiger partial charge in [0.2, 0.25) is 0 Å². The molecule has 0 radical (unpaired) electrons. The molecule has 3 aliphatic carbocycles. The topological polar surface area (TPSA) is 72.4 Å².